The van der Waals surface area contributed by atoms with Crippen molar-refractivity contribution >= 4 is 46.1 Å². The van der Waals surface area contributed by atoms with E-state index in [0.29, 0.717) is 21.8 Å². The summed E-state index contributed by atoms with van der Waals surface area (Å²) in [6.45, 7) is 0. The minimum Gasteiger partial charge on any atom is -0.331 e. The molecule has 4 rings (SSSR count). The molecule has 0 radical (unpaired) electrons. The topological polar surface area (TPSA) is 89.4 Å². The lowest BCUT2D eigenvalue weighted by Gasteiger charge is -2.03. The fraction of sp³-hybridized carbons (Fsp3) is 0. The zero-order valence-electron chi connectivity index (χ0n) is 11.6. The molecule has 2 aromatic carbocycles. The third-order valence-electron chi connectivity index (χ3n) is 3.46. The Morgan fingerprint density at radius 2 is 1.96 bits per heavy atom. The first-order chi connectivity index (χ1) is 11.1. The Bertz CT molecular complexity index is 1080. The van der Waals surface area contributed by atoms with Gasteiger partial charge in [0.2, 0.25) is 5.95 Å². The number of rotatable bonds is 2. The summed E-state index contributed by atoms with van der Waals surface area (Å²) in [5, 5.41) is 2.64. The van der Waals surface area contributed by atoms with Gasteiger partial charge >= 0.3 is 0 Å². The van der Waals surface area contributed by atoms with E-state index in [2.05, 4.69) is 25.3 Å². The zero-order chi connectivity index (χ0) is 16.0. The van der Waals surface area contributed by atoms with Crippen LogP contribution in [0.3, 0.4) is 0 Å². The number of carbonyl (C=O) groups excluding carboxylic acids is 1. The predicted molar refractivity (Wildman–Crippen MR) is 87.5 cm³/mol. The second kappa shape index (κ2) is 5.03. The molecule has 4 N–H and O–H groups in total. The van der Waals surface area contributed by atoms with Crippen molar-refractivity contribution in [1.29, 1.82) is 0 Å². The van der Waals surface area contributed by atoms with Gasteiger partial charge in [-0.3, -0.25) is 10.1 Å². The fourth-order valence-electron chi connectivity index (χ4n) is 2.47. The molecule has 0 saturated carbocycles. The van der Waals surface area contributed by atoms with Gasteiger partial charge in [0, 0.05) is 0 Å². The molecule has 0 spiro atoms. The van der Waals surface area contributed by atoms with Crippen LogP contribution in [0.25, 0.3) is 22.1 Å². The molecule has 8 heteroatoms. The number of hydrogen-bond donors (Lipinski definition) is 4. The Hall–Kier alpha value is -3.00. The molecule has 6 nitrogen and oxygen atoms in total. The largest absolute Gasteiger partial charge is 0.331 e. The predicted octanol–water partition coefficient (Wildman–Crippen LogP) is 3.49. The summed E-state index contributed by atoms with van der Waals surface area (Å²) >= 11 is 4.99. The van der Waals surface area contributed by atoms with Crippen LogP contribution < -0.4 is 5.32 Å². The highest BCUT2D eigenvalue weighted by molar-refractivity contribution is 7.71. The first kappa shape index (κ1) is 13.6. The van der Waals surface area contributed by atoms with Gasteiger partial charge in [-0.1, -0.05) is 12.1 Å². The van der Waals surface area contributed by atoms with Crippen LogP contribution in [-0.4, -0.2) is 25.8 Å². The maximum Gasteiger partial charge on any atom is 0.260 e. The maximum absolute atomic E-state index is 13.7. The average molecular weight is 327 g/mol. The van der Waals surface area contributed by atoms with Gasteiger partial charge in [-0.15, -0.1) is 0 Å². The van der Waals surface area contributed by atoms with E-state index in [0.717, 1.165) is 17.1 Å². The van der Waals surface area contributed by atoms with Crippen LogP contribution in [-0.2, 0) is 0 Å². The van der Waals surface area contributed by atoms with E-state index >= 15 is 0 Å². The summed E-state index contributed by atoms with van der Waals surface area (Å²) in [4.78, 5) is 25.4. The number of hydrogen-bond acceptors (Lipinski definition) is 3. The summed E-state index contributed by atoms with van der Waals surface area (Å²) < 4.78 is 14.0. The first-order valence-electron chi connectivity index (χ1n) is 6.78. The molecule has 0 fully saturated rings. The molecule has 0 aliphatic carbocycles. The van der Waals surface area contributed by atoms with E-state index in [1.54, 1.807) is 0 Å². The number of nitrogens with zero attached hydrogens (tertiary/aromatic N) is 1. The monoisotopic (exact) mass is 327 g/mol. The molecule has 0 aliphatic heterocycles. The molecule has 0 saturated heterocycles. The Labute approximate surface area is 133 Å². The number of nitrogens with one attached hydrogen (secondary N) is 4. The number of carbonyl (C=O) groups is 1. The van der Waals surface area contributed by atoms with Crippen molar-refractivity contribution in [3.8, 4) is 0 Å². The Kier molecular flexibility index (Phi) is 2.98. The second-order valence-corrected chi connectivity index (χ2v) is 5.42. The molecule has 114 valence electrons. The third kappa shape index (κ3) is 2.38. The molecule has 2 heterocycles. The van der Waals surface area contributed by atoms with Crippen molar-refractivity contribution in [2.75, 3.05) is 5.32 Å². The van der Waals surface area contributed by atoms with Gasteiger partial charge in [0.15, 0.2) is 4.77 Å². The van der Waals surface area contributed by atoms with Crippen LogP contribution in [0.2, 0.25) is 0 Å². The molecule has 2 aromatic heterocycles. The van der Waals surface area contributed by atoms with E-state index < -0.39 is 11.7 Å². The molecular weight excluding hydrogens is 317 g/mol. The maximum atomic E-state index is 13.7. The Morgan fingerprint density at radius 1 is 1.13 bits per heavy atom. The number of aromatic amines is 3. The van der Waals surface area contributed by atoms with Crippen molar-refractivity contribution < 1.29 is 9.18 Å². The molecule has 0 bridgehead atoms. The fourth-order valence-corrected chi connectivity index (χ4v) is 2.69. The summed E-state index contributed by atoms with van der Waals surface area (Å²) in [5.74, 6) is -0.723. The van der Waals surface area contributed by atoms with Gasteiger partial charge in [-0.25, -0.2) is 9.37 Å². The lowest BCUT2D eigenvalue weighted by Crippen LogP contribution is -2.14. The Morgan fingerprint density at radius 3 is 2.78 bits per heavy atom. The molecule has 1 amide bonds. The number of benzene rings is 2. The normalized spacial score (nSPS) is 11.2. The molecule has 0 atom stereocenters. The number of H-pyrrole nitrogens is 3. The first-order valence-corrected chi connectivity index (χ1v) is 7.18. The van der Waals surface area contributed by atoms with Gasteiger partial charge in [-0.05, 0) is 36.5 Å². The highest BCUT2D eigenvalue weighted by atomic mass is 32.1. The summed E-state index contributed by atoms with van der Waals surface area (Å²) in [7, 11) is 0. The lowest BCUT2D eigenvalue weighted by molar-refractivity contribution is 0.102. The van der Waals surface area contributed by atoms with E-state index in [1.165, 1.54) is 6.07 Å². The van der Waals surface area contributed by atoms with Crippen molar-refractivity contribution in [3.05, 3.63) is 52.5 Å². The van der Waals surface area contributed by atoms with E-state index in [9.17, 15) is 9.18 Å². The van der Waals surface area contributed by atoms with Crippen LogP contribution in [0, 0.1) is 10.6 Å². The second-order valence-electron chi connectivity index (χ2n) is 5.01. The molecule has 23 heavy (non-hydrogen) atoms. The van der Waals surface area contributed by atoms with Gasteiger partial charge in [-0.2, -0.15) is 0 Å². The summed E-state index contributed by atoms with van der Waals surface area (Å²) in [5.41, 5.74) is 2.56. The third-order valence-corrected chi connectivity index (χ3v) is 3.66. The molecule has 0 aliphatic rings. The van der Waals surface area contributed by atoms with Crippen molar-refractivity contribution in [2.24, 2.45) is 0 Å². The van der Waals surface area contributed by atoms with Crippen LogP contribution in [0.15, 0.2) is 36.4 Å². The van der Waals surface area contributed by atoms with Crippen LogP contribution in [0.5, 0.6) is 0 Å². The van der Waals surface area contributed by atoms with Gasteiger partial charge in [0.05, 0.1) is 27.6 Å². The number of para-hydroxylation sites is 2. The molecular formula is C15H10FN5OS. The smallest absolute Gasteiger partial charge is 0.260 e. The molecule has 0 unspecified atom stereocenters. The lowest BCUT2D eigenvalue weighted by atomic mass is 10.1. The summed E-state index contributed by atoms with van der Waals surface area (Å²) in [6.07, 6.45) is 0. The Balaban J connectivity index is 1.75. The number of anilines is 1. The van der Waals surface area contributed by atoms with E-state index in [-0.39, 0.29) is 5.56 Å². The van der Waals surface area contributed by atoms with Crippen molar-refractivity contribution in [2.45, 2.75) is 0 Å². The minimum atomic E-state index is -0.530. The summed E-state index contributed by atoms with van der Waals surface area (Å²) in [6, 6.07) is 9.82. The molecule has 4 aromatic rings. The van der Waals surface area contributed by atoms with Crippen molar-refractivity contribution in [3.63, 3.8) is 0 Å². The van der Waals surface area contributed by atoms with Crippen LogP contribution in [0.1, 0.15) is 10.4 Å². The average Bonchev–Trinajstić information content (AvgIpc) is 3.07. The quantitative estimate of drug-likeness (QED) is 0.425. The number of amides is 1. The van der Waals surface area contributed by atoms with E-state index in [4.69, 9.17) is 12.2 Å². The van der Waals surface area contributed by atoms with Crippen LogP contribution in [0.4, 0.5) is 10.3 Å². The van der Waals surface area contributed by atoms with Gasteiger partial charge < -0.3 is 15.0 Å². The highest BCUT2D eigenvalue weighted by Gasteiger charge is 2.15. The SMILES string of the molecule is O=C(Nc1nc2ccccc2[nH]1)c1cc(F)cc2[nH]c(=S)[nH]c12. The zero-order valence-corrected chi connectivity index (χ0v) is 12.4. The van der Waals surface area contributed by atoms with Gasteiger partial charge in [0.25, 0.3) is 5.91 Å². The number of imidazole rings is 2. The van der Waals surface area contributed by atoms with Crippen LogP contribution >= 0.6 is 12.2 Å². The van der Waals surface area contributed by atoms with E-state index in [1.807, 2.05) is 24.3 Å². The number of fused-ring (bicyclic) bond motifs is 2. The highest BCUT2D eigenvalue weighted by Crippen LogP contribution is 2.20. The minimum absolute atomic E-state index is 0.146. The van der Waals surface area contributed by atoms with Gasteiger partial charge in [0.1, 0.15) is 5.82 Å². The number of halogens is 1. The number of aromatic nitrogens is 4. The standard InChI is InChI=1S/C15H10FN5OS/c16-7-5-8(12-11(6-7)19-15(23)20-12)13(22)21-14-17-9-3-1-2-4-10(9)18-14/h1-6H,(H2,19,20,23)(H2,17,18,21,22). The van der Waals surface area contributed by atoms with Crippen molar-refractivity contribution in [1.82, 2.24) is 19.9 Å².